The Morgan fingerprint density at radius 1 is 1.35 bits per heavy atom. The first-order valence-corrected chi connectivity index (χ1v) is 10.0. The summed E-state index contributed by atoms with van der Waals surface area (Å²) in [5.41, 5.74) is 2.42. The van der Waals surface area contributed by atoms with Crippen molar-refractivity contribution in [3.05, 3.63) is 40.4 Å². The molecule has 1 saturated heterocycles. The Hall–Kier alpha value is -1.73. The van der Waals surface area contributed by atoms with Crippen molar-refractivity contribution in [2.45, 2.75) is 26.3 Å². The maximum absolute atomic E-state index is 12.3. The molecule has 2 aromatic rings. The molecule has 1 atom stereocenters. The molecule has 1 amide bonds. The maximum atomic E-state index is 12.3. The van der Waals surface area contributed by atoms with Crippen LogP contribution in [-0.2, 0) is 9.84 Å². The molecule has 1 unspecified atom stereocenters. The first kappa shape index (κ1) is 16.1. The summed E-state index contributed by atoms with van der Waals surface area (Å²) in [5, 5.41) is 3.70. The molecule has 5 nitrogen and oxygen atoms in total. The van der Waals surface area contributed by atoms with Gasteiger partial charge in [-0.2, -0.15) is 0 Å². The van der Waals surface area contributed by atoms with Gasteiger partial charge in [0.05, 0.1) is 17.2 Å². The number of benzene rings is 1. The van der Waals surface area contributed by atoms with Crippen molar-refractivity contribution in [2.75, 3.05) is 11.5 Å². The SMILES string of the molecule is Cc1nc(-c2cccc(C(=O)NC3CCS(=O)(=O)C3)c2)sc1C. The normalized spacial score (nSPS) is 19.7. The molecule has 3 rings (SSSR count). The van der Waals surface area contributed by atoms with E-state index in [1.807, 2.05) is 26.0 Å². The second-order valence-electron chi connectivity index (χ2n) is 5.81. The molecule has 1 N–H and O–H groups in total. The Labute approximate surface area is 139 Å². The number of carbonyl (C=O) groups excluding carboxylic acids is 1. The van der Waals surface area contributed by atoms with Gasteiger partial charge >= 0.3 is 0 Å². The van der Waals surface area contributed by atoms with Crippen molar-refractivity contribution >= 4 is 27.1 Å². The lowest BCUT2D eigenvalue weighted by molar-refractivity contribution is 0.0941. The van der Waals surface area contributed by atoms with Gasteiger partial charge in [0.15, 0.2) is 9.84 Å². The second kappa shape index (κ2) is 6.05. The summed E-state index contributed by atoms with van der Waals surface area (Å²) >= 11 is 1.60. The number of aryl methyl sites for hydroxylation is 2. The number of carbonyl (C=O) groups is 1. The molecule has 1 fully saturated rings. The van der Waals surface area contributed by atoms with Crippen LogP contribution in [0.3, 0.4) is 0 Å². The van der Waals surface area contributed by atoms with E-state index >= 15 is 0 Å². The van der Waals surface area contributed by atoms with Gasteiger partial charge < -0.3 is 5.32 Å². The van der Waals surface area contributed by atoms with E-state index < -0.39 is 9.84 Å². The Morgan fingerprint density at radius 2 is 2.13 bits per heavy atom. The van der Waals surface area contributed by atoms with Gasteiger partial charge in [-0.1, -0.05) is 12.1 Å². The van der Waals surface area contributed by atoms with Crippen molar-refractivity contribution in [3.8, 4) is 10.6 Å². The molecular weight excluding hydrogens is 332 g/mol. The summed E-state index contributed by atoms with van der Waals surface area (Å²) in [6.45, 7) is 3.99. The monoisotopic (exact) mass is 350 g/mol. The van der Waals surface area contributed by atoms with Gasteiger partial charge in [-0.3, -0.25) is 4.79 Å². The fourth-order valence-corrected chi connectivity index (χ4v) is 5.15. The molecule has 0 aliphatic carbocycles. The Kier molecular flexibility index (Phi) is 4.25. The van der Waals surface area contributed by atoms with E-state index in [0.717, 1.165) is 21.1 Å². The topological polar surface area (TPSA) is 76.1 Å². The average molecular weight is 350 g/mol. The quantitative estimate of drug-likeness (QED) is 0.922. The summed E-state index contributed by atoms with van der Waals surface area (Å²) in [5.74, 6) is -0.0576. The minimum Gasteiger partial charge on any atom is -0.348 e. The number of aromatic nitrogens is 1. The van der Waals surface area contributed by atoms with E-state index in [2.05, 4.69) is 10.3 Å². The predicted molar refractivity (Wildman–Crippen MR) is 91.5 cm³/mol. The Morgan fingerprint density at radius 3 is 2.74 bits per heavy atom. The number of rotatable bonds is 3. The summed E-state index contributed by atoms with van der Waals surface area (Å²) in [6.07, 6.45) is 0.485. The molecule has 23 heavy (non-hydrogen) atoms. The van der Waals surface area contributed by atoms with Crippen LogP contribution in [0, 0.1) is 13.8 Å². The highest BCUT2D eigenvalue weighted by molar-refractivity contribution is 7.91. The number of sulfone groups is 1. The zero-order chi connectivity index (χ0) is 16.6. The summed E-state index contributed by atoms with van der Waals surface area (Å²) in [7, 11) is -3.00. The largest absolute Gasteiger partial charge is 0.348 e. The molecule has 1 aliphatic heterocycles. The van der Waals surface area contributed by atoms with E-state index in [4.69, 9.17) is 0 Å². The number of nitrogens with one attached hydrogen (secondary N) is 1. The second-order valence-corrected chi connectivity index (χ2v) is 9.25. The number of nitrogens with zero attached hydrogens (tertiary/aromatic N) is 1. The van der Waals surface area contributed by atoms with Crippen molar-refractivity contribution in [1.29, 1.82) is 0 Å². The smallest absolute Gasteiger partial charge is 0.251 e. The number of hydrogen-bond donors (Lipinski definition) is 1. The van der Waals surface area contributed by atoms with Crippen LogP contribution in [0.5, 0.6) is 0 Å². The van der Waals surface area contributed by atoms with Gasteiger partial charge in [-0.05, 0) is 32.4 Å². The van der Waals surface area contributed by atoms with E-state index in [9.17, 15) is 13.2 Å². The third-order valence-electron chi connectivity index (χ3n) is 3.97. The van der Waals surface area contributed by atoms with Crippen LogP contribution >= 0.6 is 11.3 Å². The van der Waals surface area contributed by atoms with Crippen LogP contribution in [0.25, 0.3) is 10.6 Å². The average Bonchev–Trinajstić information content (AvgIpc) is 3.01. The number of hydrogen-bond acceptors (Lipinski definition) is 5. The standard InChI is InChI=1S/C16H18N2O3S2/c1-10-11(2)22-16(17-10)13-5-3-4-12(8-13)15(19)18-14-6-7-23(20,21)9-14/h3-5,8,14H,6-7,9H2,1-2H3,(H,18,19). The zero-order valence-electron chi connectivity index (χ0n) is 13.0. The first-order chi connectivity index (χ1) is 10.8. The lowest BCUT2D eigenvalue weighted by Gasteiger charge is -2.11. The van der Waals surface area contributed by atoms with Crippen molar-refractivity contribution < 1.29 is 13.2 Å². The van der Waals surface area contributed by atoms with Gasteiger partial charge in [0.1, 0.15) is 5.01 Å². The maximum Gasteiger partial charge on any atom is 0.251 e. The Bertz CT molecular complexity index is 836. The van der Waals surface area contributed by atoms with Crippen LogP contribution in [0.2, 0.25) is 0 Å². The van der Waals surface area contributed by atoms with Crippen LogP contribution in [0.15, 0.2) is 24.3 Å². The molecule has 0 saturated carbocycles. The van der Waals surface area contributed by atoms with E-state index in [1.54, 1.807) is 23.5 Å². The molecular formula is C16H18N2O3S2. The summed E-state index contributed by atoms with van der Waals surface area (Å²) < 4.78 is 22.9. The highest BCUT2D eigenvalue weighted by atomic mass is 32.2. The third-order valence-corrected chi connectivity index (χ3v) is 6.86. The minimum absolute atomic E-state index is 0.0311. The first-order valence-electron chi connectivity index (χ1n) is 7.40. The highest BCUT2D eigenvalue weighted by Crippen LogP contribution is 2.27. The number of amides is 1. The third kappa shape index (κ3) is 3.61. The van der Waals surface area contributed by atoms with Gasteiger partial charge in [0.2, 0.25) is 0 Å². The molecule has 1 aromatic carbocycles. The van der Waals surface area contributed by atoms with Gasteiger partial charge in [0, 0.05) is 22.0 Å². The fourth-order valence-electron chi connectivity index (χ4n) is 2.57. The molecule has 1 aromatic heterocycles. The lowest BCUT2D eigenvalue weighted by Crippen LogP contribution is -2.35. The van der Waals surface area contributed by atoms with Gasteiger partial charge in [0.25, 0.3) is 5.91 Å². The summed E-state index contributed by atoms with van der Waals surface area (Å²) in [4.78, 5) is 18.0. The highest BCUT2D eigenvalue weighted by Gasteiger charge is 2.29. The Balaban J connectivity index is 1.78. The zero-order valence-corrected chi connectivity index (χ0v) is 14.6. The van der Waals surface area contributed by atoms with Crippen LogP contribution in [-0.4, -0.2) is 36.9 Å². The van der Waals surface area contributed by atoms with Crippen molar-refractivity contribution in [2.24, 2.45) is 0 Å². The number of thiazole rings is 1. The van der Waals surface area contributed by atoms with Crippen molar-refractivity contribution in [3.63, 3.8) is 0 Å². The molecule has 7 heteroatoms. The van der Waals surface area contributed by atoms with E-state index in [-0.39, 0.29) is 23.5 Å². The van der Waals surface area contributed by atoms with Crippen LogP contribution in [0.4, 0.5) is 0 Å². The van der Waals surface area contributed by atoms with Gasteiger partial charge in [-0.25, -0.2) is 13.4 Å². The van der Waals surface area contributed by atoms with Gasteiger partial charge in [-0.15, -0.1) is 11.3 Å². The molecule has 2 heterocycles. The van der Waals surface area contributed by atoms with Crippen molar-refractivity contribution in [1.82, 2.24) is 10.3 Å². The van der Waals surface area contributed by atoms with E-state index in [0.29, 0.717) is 12.0 Å². The molecule has 0 bridgehead atoms. The van der Waals surface area contributed by atoms with E-state index in [1.165, 1.54) is 0 Å². The van der Waals surface area contributed by atoms with Crippen LogP contribution < -0.4 is 5.32 Å². The molecule has 0 spiro atoms. The molecule has 1 aliphatic rings. The predicted octanol–water partition coefficient (Wildman–Crippen LogP) is 2.34. The molecule has 122 valence electrons. The van der Waals surface area contributed by atoms with Crippen LogP contribution in [0.1, 0.15) is 27.3 Å². The fraction of sp³-hybridized carbons (Fsp3) is 0.375. The minimum atomic E-state index is -3.00. The summed E-state index contributed by atoms with van der Waals surface area (Å²) in [6, 6.07) is 6.99. The lowest BCUT2D eigenvalue weighted by atomic mass is 10.1. The molecule has 0 radical (unpaired) electrons.